The Morgan fingerprint density at radius 2 is 1.97 bits per heavy atom. The molecule has 1 aliphatic heterocycles. The maximum Gasteiger partial charge on any atom is 0.225 e. The number of hydrogen-bond acceptors (Lipinski definition) is 4. The van der Waals surface area contributed by atoms with Crippen LogP contribution in [0.3, 0.4) is 0 Å². The summed E-state index contributed by atoms with van der Waals surface area (Å²) in [5.74, 6) is 0.589. The lowest BCUT2D eigenvalue weighted by atomic mass is 9.89. The molecule has 2 N–H and O–H groups in total. The highest BCUT2D eigenvalue weighted by Gasteiger charge is 2.35. The molecule has 1 saturated heterocycles. The first-order valence-electron chi connectivity index (χ1n) is 11.3. The van der Waals surface area contributed by atoms with Crippen molar-refractivity contribution in [3.63, 3.8) is 0 Å². The van der Waals surface area contributed by atoms with Gasteiger partial charge in [-0.15, -0.1) is 0 Å². The van der Waals surface area contributed by atoms with Crippen LogP contribution in [0.15, 0.2) is 54.9 Å². The van der Waals surface area contributed by atoms with Gasteiger partial charge in [-0.3, -0.25) is 9.69 Å². The van der Waals surface area contributed by atoms with Crippen LogP contribution in [0, 0.1) is 17.2 Å². The molecule has 0 radical (unpaired) electrons. The first kappa shape index (κ1) is 24.3. The van der Waals surface area contributed by atoms with Crippen molar-refractivity contribution in [2.75, 3.05) is 13.1 Å². The molecule has 1 aromatic heterocycles. The van der Waals surface area contributed by atoms with Crippen LogP contribution in [0.2, 0.25) is 10.0 Å². The van der Waals surface area contributed by atoms with Crippen LogP contribution in [-0.4, -0.2) is 33.9 Å². The maximum atomic E-state index is 13.4. The lowest BCUT2D eigenvalue weighted by molar-refractivity contribution is -0.128. The van der Waals surface area contributed by atoms with Crippen molar-refractivity contribution in [1.82, 2.24) is 20.2 Å². The Morgan fingerprint density at radius 1 is 1.24 bits per heavy atom. The molecule has 0 bridgehead atoms. The van der Waals surface area contributed by atoms with E-state index in [0.29, 0.717) is 40.9 Å². The molecule has 2 heterocycles. The van der Waals surface area contributed by atoms with E-state index in [4.69, 9.17) is 28.5 Å². The standard InChI is InChI=1S/C26H27Cl2N5O/c1-26(25-30-8-9-31-25,14-18-4-6-19(15-29)7-5-18)32-24(34)21-3-2-10-33(17-21)16-20-11-22(27)13-23(28)12-20/h4-9,11-13,21H,2-3,10,14,16-17H2,1H3,(H,30,31)(H,32,34)/t21-,26?/m0/s1. The van der Waals surface area contributed by atoms with Crippen molar-refractivity contribution in [3.05, 3.63) is 87.4 Å². The number of carbonyl (C=O) groups is 1. The number of nitriles is 1. The van der Waals surface area contributed by atoms with Crippen LogP contribution in [0.4, 0.5) is 0 Å². The SMILES string of the molecule is CC(Cc1ccc(C#N)cc1)(NC(=O)[C@H]1CCCN(Cc2cc(Cl)cc(Cl)c2)C1)c1ncc[nH]1. The van der Waals surface area contributed by atoms with Gasteiger partial charge < -0.3 is 10.3 Å². The second-order valence-corrected chi connectivity index (χ2v) is 9.97. The zero-order valence-corrected chi connectivity index (χ0v) is 20.5. The Hall–Kier alpha value is -2.85. The van der Waals surface area contributed by atoms with E-state index < -0.39 is 5.54 Å². The molecule has 1 fully saturated rings. The molecule has 1 aliphatic rings. The van der Waals surface area contributed by atoms with Crippen LogP contribution >= 0.6 is 23.2 Å². The number of H-pyrrole nitrogens is 1. The highest BCUT2D eigenvalue weighted by atomic mass is 35.5. The van der Waals surface area contributed by atoms with Gasteiger partial charge in [0.05, 0.1) is 23.1 Å². The largest absolute Gasteiger partial charge is 0.347 e. The van der Waals surface area contributed by atoms with Gasteiger partial charge in [0, 0.05) is 41.9 Å². The first-order valence-corrected chi connectivity index (χ1v) is 12.1. The van der Waals surface area contributed by atoms with Crippen molar-refractivity contribution < 1.29 is 4.79 Å². The summed E-state index contributed by atoms with van der Waals surface area (Å²) in [6.45, 7) is 4.27. The summed E-state index contributed by atoms with van der Waals surface area (Å²) in [5, 5.41) is 13.6. The number of aromatic nitrogens is 2. The molecular formula is C26H27Cl2N5O. The number of nitrogens with zero attached hydrogens (tertiary/aromatic N) is 3. The number of amides is 1. The lowest BCUT2D eigenvalue weighted by Gasteiger charge is -2.35. The fourth-order valence-corrected chi connectivity index (χ4v) is 5.18. The summed E-state index contributed by atoms with van der Waals surface area (Å²) in [6, 6.07) is 15.1. The second kappa shape index (κ2) is 10.6. The first-order chi connectivity index (χ1) is 16.3. The molecule has 176 valence electrons. The van der Waals surface area contributed by atoms with E-state index in [1.54, 1.807) is 30.6 Å². The quantitative estimate of drug-likeness (QED) is 0.478. The van der Waals surface area contributed by atoms with E-state index in [1.165, 1.54) is 0 Å². The van der Waals surface area contributed by atoms with E-state index >= 15 is 0 Å². The number of likely N-dealkylation sites (tertiary alicyclic amines) is 1. The van der Waals surface area contributed by atoms with Gasteiger partial charge in [0.15, 0.2) is 0 Å². The van der Waals surface area contributed by atoms with Crippen molar-refractivity contribution in [2.24, 2.45) is 5.92 Å². The number of nitrogens with one attached hydrogen (secondary N) is 2. The number of halogens is 2. The molecule has 1 amide bonds. The van der Waals surface area contributed by atoms with Gasteiger partial charge in [-0.25, -0.2) is 4.98 Å². The Kier molecular flexibility index (Phi) is 7.57. The monoisotopic (exact) mass is 495 g/mol. The highest BCUT2D eigenvalue weighted by molar-refractivity contribution is 6.34. The third-order valence-corrected chi connectivity index (χ3v) is 6.70. The van der Waals surface area contributed by atoms with Gasteiger partial charge in [0.25, 0.3) is 0 Å². The van der Waals surface area contributed by atoms with Gasteiger partial charge in [-0.05, 0) is 67.8 Å². The summed E-state index contributed by atoms with van der Waals surface area (Å²) in [7, 11) is 0. The Bertz CT molecular complexity index is 1150. The molecule has 0 aliphatic carbocycles. The summed E-state index contributed by atoms with van der Waals surface area (Å²) >= 11 is 12.3. The van der Waals surface area contributed by atoms with Crippen LogP contribution in [0.25, 0.3) is 0 Å². The van der Waals surface area contributed by atoms with E-state index in [2.05, 4.69) is 26.3 Å². The molecule has 8 heteroatoms. The molecule has 4 rings (SSSR count). The van der Waals surface area contributed by atoms with Gasteiger partial charge in [0.1, 0.15) is 5.82 Å². The van der Waals surface area contributed by atoms with Gasteiger partial charge in [0.2, 0.25) is 5.91 Å². The number of carbonyl (C=O) groups excluding carboxylic acids is 1. The van der Waals surface area contributed by atoms with Crippen LogP contribution < -0.4 is 5.32 Å². The highest BCUT2D eigenvalue weighted by Crippen LogP contribution is 2.27. The van der Waals surface area contributed by atoms with Gasteiger partial charge >= 0.3 is 0 Å². The zero-order chi connectivity index (χ0) is 24.1. The van der Waals surface area contributed by atoms with E-state index in [9.17, 15) is 4.79 Å². The van der Waals surface area contributed by atoms with Crippen molar-refractivity contribution >= 4 is 29.1 Å². The van der Waals surface area contributed by atoms with Crippen molar-refractivity contribution in [1.29, 1.82) is 5.26 Å². The predicted molar refractivity (Wildman–Crippen MR) is 133 cm³/mol. The van der Waals surface area contributed by atoms with Crippen LogP contribution in [-0.2, 0) is 23.3 Å². The smallest absolute Gasteiger partial charge is 0.225 e. The number of imidazole rings is 1. The second-order valence-electron chi connectivity index (χ2n) is 9.10. The average Bonchev–Trinajstić information content (AvgIpc) is 3.35. The molecule has 2 atom stereocenters. The number of rotatable bonds is 7. The minimum absolute atomic E-state index is 0.0152. The van der Waals surface area contributed by atoms with Crippen LogP contribution in [0.5, 0.6) is 0 Å². The molecule has 2 aromatic carbocycles. The predicted octanol–water partition coefficient (Wildman–Crippen LogP) is 5.07. The topological polar surface area (TPSA) is 84.8 Å². The lowest BCUT2D eigenvalue weighted by Crippen LogP contribution is -2.51. The normalized spacial score (nSPS) is 18.1. The fourth-order valence-electron chi connectivity index (χ4n) is 4.61. The number of hydrogen-bond donors (Lipinski definition) is 2. The van der Waals surface area contributed by atoms with Crippen LogP contribution in [0.1, 0.15) is 42.3 Å². The minimum atomic E-state index is -0.711. The van der Waals surface area contributed by atoms with Crippen molar-refractivity contribution in [2.45, 2.75) is 38.3 Å². The van der Waals surface area contributed by atoms with E-state index in [1.807, 2.05) is 31.2 Å². The zero-order valence-electron chi connectivity index (χ0n) is 19.0. The van der Waals surface area contributed by atoms with E-state index in [0.717, 1.165) is 30.5 Å². The van der Waals surface area contributed by atoms with E-state index in [-0.39, 0.29) is 11.8 Å². The molecule has 6 nitrogen and oxygen atoms in total. The summed E-state index contributed by atoms with van der Waals surface area (Å²) < 4.78 is 0. The Balaban J connectivity index is 1.46. The number of aromatic amines is 1. The summed E-state index contributed by atoms with van der Waals surface area (Å²) in [6.07, 6.45) is 5.78. The van der Waals surface area contributed by atoms with Crippen molar-refractivity contribution in [3.8, 4) is 6.07 Å². The molecule has 34 heavy (non-hydrogen) atoms. The summed E-state index contributed by atoms with van der Waals surface area (Å²) in [5.41, 5.74) is 1.95. The Morgan fingerprint density at radius 3 is 2.62 bits per heavy atom. The molecule has 0 saturated carbocycles. The Labute approximate surface area is 209 Å². The minimum Gasteiger partial charge on any atom is -0.347 e. The molecule has 0 spiro atoms. The molecular weight excluding hydrogens is 469 g/mol. The van der Waals surface area contributed by atoms with Gasteiger partial charge in [-0.1, -0.05) is 35.3 Å². The number of piperidine rings is 1. The fraction of sp³-hybridized carbons (Fsp3) is 0.346. The third kappa shape index (κ3) is 5.98. The average molecular weight is 496 g/mol. The molecule has 3 aromatic rings. The summed E-state index contributed by atoms with van der Waals surface area (Å²) in [4.78, 5) is 23.3. The maximum absolute atomic E-state index is 13.4. The number of benzene rings is 2. The third-order valence-electron chi connectivity index (χ3n) is 6.27. The van der Waals surface area contributed by atoms with Gasteiger partial charge in [-0.2, -0.15) is 5.26 Å². The molecule has 1 unspecified atom stereocenters.